The van der Waals surface area contributed by atoms with Gasteiger partial charge in [-0.2, -0.15) is 0 Å². The Hall–Kier alpha value is -1.97. The Labute approximate surface area is 151 Å². The lowest BCUT2D eigenvalue weighted by Gasteiger charge is -2.34. The third-order valence-electron chi connectivity index (χ3n) is 5.38. The lowest BCUT2D eigenvalue weighted by Crippen LogP contribution is -2.44. The molecule has 3 rings (SSSR count). The molecule has 0 N–H and O–H groups in total. The maximum atomic E-state index is 12.5. The number of piperidine rings is 1. The van der Waals surface area contributed by atoms with E-state index in [0.717, 1.165) is 57.5 Å². The van der Waals surface area contributed by atoms with Gasteiger partial charge in [-0.15, -0.1) is 0 Å². The first-order chi connectivity index (χ1) is 12.2. The second-order valence-corrected chi connectivity index (χ2v) is 7.02. The van der Waals surface area contributed by atoms with Crippen molar-refractivity contribution >= 4 is 11.6 Å². The van der Waals surface area contributed by atoms with Crippen LogP contribution in [0, 0.1) is 5.92 Å². The molecule has 2 aliphatic rings. The summed E-state index contributed by atoms with van der Waals surface area (Å²) >= 11 is 0. The van der Waals surface area contributed by atoms with Crippen molar-refractivity contribution in [3.8, 4) is 5.75 Å². The molecule has 1 saturated heterocycles. The van der Waals surface area contributed by atoms with Crippen molar-refractivity contribution in [1.29, 1.82) is 0 Å². The fourth-order valence-electron chi connectivity index (χ4n) is 3.70. The molecule has 2 aliphatic heterocycles. The van der Waals surface area contributed by atoms with Crippen LogP contribution in [0.5, 0.6) is 5.75 Å². The fourth-order valence-corrected chi connectivity index (χ4v) is 3.70. The lowest BCUT2D eigenvalue weighted by molar-refractivity contribution is -0.137. The maximum Gasteiger partial charge on any atom is 0.225 e. The maximum absolute atomic E-state index is 12.5. The van der Waals surface area contributed by atoms with Crippen molar-refractivity contribution < 1.29 is 9.53 Å². The third-order valence-corrected chi connectivity index (χ3v) is 5.38. The largest absolute Gasteiger partial charge is 0.490 e. The number of rotatable bonds is 6. The molecule has 2 heterocycles. The van der Waals surface area contributed by atoms with Gasteiger partial charge in [0.25, 0.3) is 0 Å². The molecule has 1 aromatic rings. The molecule has 0 atom stereocenters. The summed E-state index contributed by atoms with van der Waals surface area (Å²) in [4.78, 5) is 16.7. The van der Waals surface area contributed by atoms with Crippen LogP contribution in [0.1, 0.15) is 46.0 Å². The van der Waals surface area contributed by atoms with E-state index >= 15 is 0 Å². The van der Waals surface area contributed by atoms with Crippen molar-refractivity contribution in [2.75, 3.05) is 24.5 Å². The zero-order chi connectivity index (χ0) is 17.6. The van der Waals surface area contributed by atoms with E-state index in [-0.39, 0.29) is 12.0 Å². The van der Waals surface area contributed by atoms with Crippen LogP contribution in [0.4, 0.5) is 5.69 Å². The molecule has 136 valence electrons. The molecule has 0 bridgehead atoms. The highest BCUT2D eigenvalue weighted by Gasteiger charge is 2.27. The van der Waals surface area contributed by atoms with Crippen molar-refractivity contribution in [1.82, 2.24) is 4.90 Å². The zero-order valence-corrected chi connectivity index (χ0v) is 15.5. The van der Waals surface area contributed by atoms with E-state index in [2.05, 4.69) is 55.3 Å². The number of hydrogen-bond donors (Lipinski definition) is 0. The van der Waals surface area contributed by atoms with Gasteiger partial charge in [0.2, 0.25) is 5.91 Å². The Morgan fingerprint density at radius 1 is 1.12 bits per heavy atom. The highest BCUT2D eigenvalue weighted by Crippen LogP contribution is 2.25. The van der Waals surface area contributed by atoms with Gasteiger partial charge in [-0.25, -0.2) is 0 Å². The van der Waals surface area contributed by atoms with Crippen LogP contribution in [0.15, 0.2) is 36.5 Å². The van der Waals surface area contributed by atoms with Gasteiger partial charge in [0, 0.05) is 50.3 Å². The molecule has 4 nitrogen and oxygen atoms in total. The van der Waals surface area contributed by atoms with Gasteiger partial charge in [-0.3, -0.25) is 4.79 Å². The number of nitrogens with zero attached hydrogens (tertiary/aromatic N) is 2. The van der Waals surface area contributed by atoms with E-state index in [0.29, 0.717) is 5.91 Å². The number of carbonyl (C=O) groups is 1. The molecule has 0 saturated carbocycles. The van der Waals surface area contributed by atoms with Gasteiger partial charge in [-0.1, -0.05) is 19.9 Å². The van der Waals surface area contributed by atoms with E-state index < -0.39 is 0 Å². The molecule has 0 radical (unpaired) electrons. The average Bonchev–Trinajstić information content (AvgIpc) is 3.18. The van der Waals surface area contributed by atoms with E-state index in [4.69, 9.17) is 4.74 Å². The predicted octanol–water partition coefficient (Wildman–Crippen LogP) is 4.22. The fraction of sp³-hybridized carbons (Fsp3) is 0.571. The van der Waals surface area contributed by atoms with Crippen LogP contribution < -0.4 is 9.64 Å². The number of likely N-dealkylation sites (tertiary alicyclic amines) is 1. The smallest absolute Gasteiger partial charge is 0.225 e. The lowest BCUT2D eigenvalue weighted by atomic mass is 9.99. The molecule has 0 aliphatic carbocycles. The SMILES string of the molecule is CCC(CC)C(=O)N1CCC(Oc2ccc(N3C=CCC3)cc2)CC1. The first kappa shape index (κ1) is 17.8. The molecule has 1 amide bonds. The molecule has 0 spiro atoms. The monoisotopic (exact) mass is 342 g/mol. The van der Waals surface area contributed by atoms with Crippen molar-refractivity contribution in [2.45, 2.75) is 52.1 Å². The Morgan fingerprint density at radius 3 is 2.36 bits per heavy atom. The molecule has 25 heavy (non-hydrogen) atoms. The molecular weight excluding hydrogens is 312 g/mol. The number of amides is 1. The summed E-state index contributed by atoms with van der Waals surface area (Å²) < 4.78 is 6.14. The minimum absolute atomic E-state index is 0.185. The van der Waals surface area contributed by atoms with E-state index in [1.165, 1.54) is 5.69 Å². The number of ether oxygens (including phenoxy) is 1. The zero-order valence-electron chi connectivity index (χ0n) is 15.5. The molecule has 0 aromatic heterocycles. The summed E-state index contributed by atoms with van der Waals surface area (Å²) in [5.41, 5.74) is 1.21. The van der Waals surface area contributed by atoms with Gasteiger partial charge in [0.05, 0.1) is 0 Å². The van der Waals surface area contributed by atoms with E-state index in [1.54, 1.807) is 0 Å². The summed E-state index contributed by atoms with van der Waals surface area (Å²) in [6.07, 6.45) is 9.37. The minimum Gasteiger partial charge on any atom is -0.490 e. The molecule has 1 fully saturated rings. The number of hydrogen-bond acceptors (Lipinski definition) is 3. The topological polar surface area (TPSA) is 32.8 Å². The summed E-state index contributed by atoms with van der Waals surface area (Å²) in [7, 11) is 0. The number of carbonyl (C=O) groups excluding carboxylic acids is 1. The third kappa shape index (κ3) is 4.36. The van der Waals surface area contributed by atoms with Crippen LogP contribution in [-0.2, 0) is 4.79 Å². The molecule has 4 heteroatoms. The Balaban J connectivity index is 1.49. The predicted molar refractivity (Wildman–Crippen MR) is 102 cm³/mol. The van der Waals surface area contributed by atoms with Crippen molar-refractivity contribution in [2.24, 2.45) is 5.92 Å². The van der Waals surface area contributed by atoms with Gasteiger partial charge in [-0.05, 0) is 43.5 Å². The average molecular weight is 342 g/mol. The first-order valence-electron chi connectivity index (χ1n) is 9.70. The van der Waals surface area contributed by atoms with Crippen LogP contribution in [0.25, 0.3) is 0 Å². The minimum atomic E-state index is 0.185. The quantitative estimate of drug-likeness (QED) is 0.776. The second-order valence-electron chi connectivity index (χ2n) is 7.02. The molecule has 0 unspecified atom stereocenters. The number of anilines is 1. The standard InChI is InChI=1S/C21H30N2O2/c1-3-17(4-2)21(24)23-15-11-20(12-16-23)25-19-9-7-18(8-10-19)22-13-5-6-14-22/h5,7-10,13,17,20H,3-4,6,11-12,14-16H2,1-2H3. The summed E-state index contributed by atoms with van der Waals surface area (Å²) in [5.74, 6) is 1.44. The molecular formula is C21H30N2O2. The van der Waals surface area contributed by atoms with Crippen LogP contribution in [0.3, 0.4) is 0 Å². The summed E-state index contributed by atoms with van der Waals surface area (Å²) in [6.45, 7) is 6.89. The highest BCUT2D eigenvalue weighted by atomic mass is 16.5. The van der Waals surface area contributed by atoms with Gasteiger partial charge >= 0.3 is 0 Å². The number of benzene rings is 1. The van der Waals surface area contributed by atoms with Crippen LogP contribution in [0.2, 0.25) is 0 Å². The van der Waals surface area contributed by atoms with Crippen LogP contribution >= 0.6 is 0 Å². The Morgan fingerprint density at radius 2 is 1.80 bits per heavy atom. The highest BCUT2D eigenvalue weighted by molar-refractivity contribution is 5.78. The van der Waals surface area contributed by atoms with Gasteiger partial charge in [0.1, 0.15) is 11.9 Å². The Kier molecular flexibility index (Phi) is 6.00. The Bertz CT molecular complexity index is 584. The second kappa shape index (κ2) is 8.41. The van der Waals surface area contributed by atoms with Crippen molar-refractivity contribution in [3.05, 3.63) is 36.5 Å². The van der Waals surface area contributed by atoms with Crippen LogP contribution in [-0.4, -0.2) is 36.5 Å². The first-order valence-corrected chi connectivity index (χ1v) is 9.70. The van der Waals surface area contributed by atoms with E-state index in [1.807, 2.05) is 4.90 Å². The molecule has 1 aromatic carbocycles. The van der Waals surface area contributed by atoms with Gasteiger partial charge < -0.3 is 14.5 Å². The summed E-state index contributed by atoms with van der Waals surface area (Å²) in [6, 6.07) is 8.36. The normalized spacial score (nSPS) is 18.2. The summed E-state index contributed by atoms with van der Waals surface area (Å²) in [5, 5.41) is 0. The van der Waals surface area contributed by atoms with E-state index in [9.17, 15) is 4.79 Å². The van der Waals surface area contributed by atoms with Crippen molar-refractivity contribution in [3.63, 3.8) is 0 Å². The van der Waals surface area contributed by atoms with Gasteiger partial charge in [0.15, 0.2) is 0 Å².